The number of carbonyl (C=O) groups excluding carboxylic acids is 1. The van der Waals surface area contributed by atoms with Crippen LogP contribution in [0.4, 0.5) is 0 Å². The molecule has 106 valence electrons. The lowest BCUT2D eigenvalue weighted by molar-refractivity contribution is 0.0721. The van der Waals surface area contributed by atoms with E-state index in [1.165, 1.54) is 0 Å². The van der Waals surface area contributed by atoms with Crippen LogP contribution in [0.25, 0.3) is 0 Å². The van der Waals surface area contributed by atoms with Crippen molar-refractivity contribution in [1.29, 1.82) is 0 Å². The standard InChI is InChI=1S/C14H19N5O/c1-10-6-16-18(8-10)9-12-4-3-5-19(12)14(20)13-7-15-17-11(13)2/h6-8,12H,3-5,9H2,1-2H3,(H,15,17). The number of aryl methyl sites for hydroxylation is 2. The lowest BCUT2D eigenvalue weighted by atomic mass is 10.2. The average molecular weight is 273 g/mol. The number of rotatable bonds is 3. The summed E-state index contributed by atoms with van der Waals surface area (Å²) in [4.78, 5) is 14.5. The Kier molecular flexibility index (Phi) is 3.30. The quantitative estimate of drug-likeness (QED) is 0.922. The first kappa shape index (κ1) is 12.9. The molecule has 2 aromatic rings. The highest BCUT2D eigenvalue weighted by atomic mass is 16.2. The van der Waals surface area contributed by atoms with Gasteiger partial charge in [0.2, 0.25) is 0 Å². The first-order chi connectivity index (χ1) is 9.65. The molecular weight excluding hydrogens is 254 g/mol. The van der Waals surface area contributed by atoms with E-state index < -0.39 is 0 Å². The van der Waals surface area contributed by atoms with E-state index in [9.17, 15) is 4.79 Å². The molecule has 1 atom stereocenters. The first-order valence-electron chi connectivity index (χ1n) is 6.95. The molecule has 20 heavy (non-hydrogen) atoms. The van der Waals surface area contributed by atoms with Gasteiger partial charge in [-0.15, -0.1) is 0 Å². The fraction of sp³-hybridized carbons (Fsp3) is 0.500. The SMILES string of the molecule is Cc1cnn(CC2CCCN2C(=O)c2cn[nH]c2C)c1. The molecule has 1 saturated heterocycles. The molecule has 1 N–H and O–H groups in total. The molecule has 1 fully saturated rings. The number of carbonyl (C=O) groups is 1. The van der Waals surface area contributed by atoms with Crippen molar-refractivity contribution in [3.63, 3.8) is 0 Å². The van der Waals surface area contributed by atoms with Crippen LogP contribution in [0, 0.1) is 13.8 Å². The number of amides is 1. The highest BCUT2D eigenvalue weighted by Crippen LogP contribution is 2.22. The van der Waals surface area contributed by atoms with E-state index in [1.807, 2.05) is 35.8 Å². The lowest BCUT2D eigenvalue weighted by Gasteiger charge is -2.24. The molecule has 0 aliphatic carbocycles. The zero-order chi connectivity index (χ0) is 14.1. The summed E-state index contributed by atoms with van der Waals surface area (Å²) in [5.41, 5.74) is 2.65. The largest absolute Gasteiger partial charge is 0.334 e. The molecular formula is C14H19N5O. The van der Waals surface area contributed by atoms with Crippen LogP contribution in [-0.2, 0) is 6.54 Å². The number of aromatic nitrogens is 4. The fourth-order valence-corrected chi connectivity index (χ4v) is 2.80. The third-order valence-corrected chi connectivity index (χ3v) is 3.86. The Morgan fingerprint density at radius 2 is 2.30 bits per heavy atom. The van der Waals surface area contributed by atoms with Gasteiger partial charge in [-0.25, -0.2) is 0 Å². The topological polar surface area (TPSA) is 66.8 Å². The summed E-state index contributed by atoms with van der Waals surface area (Å²) in [6.07, 6.45) is 7.56. The maximum atomic E-state index is 12.6. The van der Waals surface area contributed by atoms with E-state index in [0.29, 0.717) is 5.56 Å². The molecule has 0 spiro atoms. The summed E-state index contributed by atoms with van der Waals surface area (Å²) in [6, 6.07) is 0.219. The molecule has 0 aromatic carbocycles. The number of nitrogens with one attached hydrogen (secondary N) is 1. The van der Waals surface area contributed by atoms with Crippen LogP contribution in [-0.4, -0.2) is 43.4 Å². The van der Waals surface area contributed by atoms with Gasteiger partial charge in [-0.1, -0.05) is 0 Å². The van der Waals surface area contributed by atoms with Crippen LogP contribution in [0.3, 0.4) is 0 Å². The first-order valence-corrected chi connectivity index (χ1v) is 6.95. The molecule has 1 aliphatic heterocycles. The zero-order valence-corrected chi connectivity index (χ0v) is 11.8. The minimum atomic E-state index is 0.0719. The molecule has 3 rings (SSSR count). The predicted octanol–water partition coefficient (Wildman–Crippen LogP) is 1.53. The Bertz CT molecular complexity index is 615. The minimum Gasteiger partial charge on any atom is -0.334 e. The molecule has 3 heterocycles. The van der Waals surface area contributed by atoms with E-state index in [0.717, 1.165) is 37.2 Å². The molecule has 0 radical (unpaired) electrons. The third kappa shape index (κ3) is 2.33. The molecule has 1 unspecified atom stereocenters. The van der Waals surface area contributed by atoms with Crippen molar-refractivity contribution in [2.75, 3.05) is 6.54 Å². The Morgan fingerprint density at radius 3 is 2.95 bits per heavy atom. The molecule has 1 aliphatic rings. The van der Waals surface area contributed by atoms with Crippen LogP contribution in [0.15, 0.2) is 18.6 Å². The smallest absolute Gasteiger partial charge is 0.257 e. The van der Waals surface area contributed by atoms with Gasteiger partial charge in [0.05, 0.1) is 30.5 Å². The van der Waals surface area contributed by atoms with Crippen LogP contribution >= 0.6 is 0 Å². The Balaban J connectivity index is 1.75. The van der Waals surface area contributed by atoms with Crippen molar-refractivity contribution in [3.05, 3.63) is 35.4 Å². The summed E-state index contributed by atoms with van der Waals surface area (Å²) >= 11 is 0. The monoisotopic (exact) mass is 273 g/mol. The molecule has 6 nitrogen and oxygen atoms in total. The third-order valence-electron chi connectivity index (χ3n) is 3.86. The predicted molar refractivity (Wildman–Crippen MR) is 74.3 cm³/mol. The van der Waals surface area contributed by atoms with Gasteiger partial charge in [0.15, 0.2) is 0 Å². The van der Waals surface area contributed by atoms with Crippen LogP contribution in [0.5, 0.6) is 0 Å². The lowest BCUT2D eigenvalue weighted by Crippen LogP contribution is -2.38. The minimum absolute atomic E-state index is 0.0719. The second-order valence-electron chi connectivity index (χ2n) is 5.44. The number of nitrogens with zero attached hydrogens (tertiary/aromatic N) is 4. The van der Waals surface area contributed by atoms with Crippen molar-refractivity contribution in [3.8, 4) is 0 Å². The van der Waals surface area contributed by atoms with E-state index >= 15 is 0 Å². The highest BCUT2D eigenvalue weighted by Gasteiger charge is 2.30. The maximum absolute atomic E-state index is 12.6. The Hall–Kier alpha value is -2.11. The second-order valence-corrected chi connectivity index (χ2v) is 5.44. The van der Waals surface area contributed by atoms with Gasteiger partial charge in [-0.05, 0) is 32.3 Å². The van der Waals surface area contributed by atoms with Gasteiger partial charge in [-0.3, -0.25) is 14.6 Å². The van der Waals surface area contributed by atoms with Gasteiger partial charge in [0.25, 0.3) is 5.91 Å². The van der Waals surface area contributed by atoms with Crippen LogP contribution in [0.1, 0.15) is 34.5 Å². The zero-order valence-electron chi connectivity index (χ0n) is 11.8. The van der Waals surface area contributed by atoms with Crippen LogP contribution < -0.4 is 0 Å². The van der Waals surface area contributed by atoms with Gasteiger partial charge >= 0.3 is 0 Å². The summed E-state index contributed by atoms with van der Waals surface area (Å²) < 4.78 is 1.92. The van der Waals surface area contributed by atoms with Gasteiger partial charge < -0.3 is 4.90 Å². The summed E-state index contributed by atoms with van der Waals surface area (Å²) in [5.74, 6) is 0.0719. The number of hydrogen-bond acceptors (Lipinski definition) is 3. The van der Waals surface area contributed by atoms with Gasteiger partial charge in [0, 0.05) is 18.4 Å². The molecule has 2 aromatic heterocycles. The van der Waals surface area contributed by atoms with Gasteiger partial charge in [0.1, 0.15) is 0 Å². The number of hydrogen-bond donors (Lipinski definition) is 1. The van der Waals surface area contributed by atoms with Gasteiger partial charge in [-0.2, -0.15) is 10.2 Å². The van der Waals surface area contributed by atoms with Crippen LogP contribution in [0.2, 0.25) is 0 Å². The molecule has 0 bridgehead atoms. The number of likely N-dealkylation sites (tertiary alicyclic amines) is 1. The van der Waals surface area contributed by atoms with Crippen molar-refractivity contribution < 1.29 is 4.79 Å². The number of aromatic amines is 1. The van der Waals surface area contributed by atoms with E-state index in [4.69, 9.17) is 0 Å². The van der Waals surface area contributed by atoms with E-state index in [-0.39, 0.29) is 11.9 Å². The second kappa shape index (κ2) is 5.11. The highest BCUT2D eigenvalue weighted by molar-refractivity contribution is 5.95. The Labute approximate surface area is 117 Å². The van der Waals surface area contributed by atoms with Crippen molar-refractivity contribution >= 4 is 5.91 Å². The Morgan fingerprint density at radius 1 is 1.45 bits per heavy atom. The number of H-pyrrole nitrogens is 1. The molecule has 1 amide bonds. The van der Waals surface area contributed by atoms with E-state index in [2.05, 4.69) is 15.3 Å². The summed E-state index contributed by atoms with van der Waals surface area (Å²) in [6.45, 7) is 5.48. The summed E-state index contributed by atoms with van der Waals surface area (Å²) in [7, 11) is 0. The van der Waals surface area contributed by atoms with E-state index in [1.54, 1.807) is 6.20 Å². The van der Waals surface area contributed by atoms with Crippen molar-refractivity contribution in [1.82, 2.24) is 24.9 Å². The molecule has 0 saturated carbocycles. The fourth-order valence-electron chi connectivity index (χ4n) is 2.80. The maximum Gasteiger partial charge on any atom is 0.257 e. The summed E-state index contributed by atoms with van der Waals surface area (Å²) in [5, 5.41) is 11.1. The average Bonchev–Trinajstić information content (AvgIpc) is 3.11. The normalized spacial score (nSPS) is 18.7. The van der Waals surface area contributed by atoms with Crippen molar-refractivity contribution in [2.24, 2.45) is 0 Å². The molecule has 6 heteroatoms. The van der Waals surface area contributed by atoms with Crippen molar-refractivity contribution in [2.45, 2.75) is 39.3 Å².